The Bertz CT molecular complexity index is 546. The van der Waals surface area contributed by atoms with E-state index in [-0.39, 0.29) is 0 Å². The Morgan fingerprint density at radius 2 is 1.53 bits per heavy atom. The van der Waals surface area contributed by atoms with E-state index in [0.29, 0.717) is 27.4 Å². The fourth-order valence-electron chi connectivity index (χ4n) is 1.62. The number of rotatable bonds is 4. The molecule has 0 aliphatic rings. The highest BCUT2D eigenvalue weighted by atomic mass is 35.5. The van der Waals surface area contributed by atoms with E-state index in [4.69, 9.17) is 45.3 Å². The van der Waals surface area contributed by atoms with Gasteiger partial charge in [0, 0.05) is 17.1 Å². The number of halogens is 3. The maximum Gasteiger partial charge on any atom is 0.156 e. The molecule has 0 bridgehead atoms. The first kappa shape index (κ1) is 14.3. The lowest BCUT2D eigenvalue weighted by Crippen LogP contribution is -2.02. The van der Waals surface area contributed by atoms with E-state index in [9.17, 15) is 0 Å². The summed E-state index contributed by atoms with van der Waals surface area (Å²) in [6.45, 7) is 0.477. The lowest BCUT2D eigenvalue weighted by atomic mass is 10.1. The van der Waals surface area contributed by atoms with Crippen molar-refractivity contribution in [1.29, 1.82) is 0 Å². The molecule has 2 rings (SSSR count). The van der Waals surface area contributed by atoms with Crippen LogP contribution in [0.5, 0.6) is 5.75 Å². The SMILES string of the molecule is Nc1ccc(CCOc2c(Cl)cc(Cl)cc2Cl)cc1. The van der Waals surface area contributed by atoms with Crippen molar-refractivity contribution in [1.82, 2.24) is 0 Å². The van der Waals surface area contributed by atoms with Crippen LogP contribution in [0.25, 0.3) is 0 Å². The van der Waals surface area contributed by atoms with Gasteiger partial charge in [-0.2, -0.15) is 0 Å². The molecule has 0 fully saturated rings. The summed E-state index contributed by atoms with van der Waals surface area (Å²) in [5, 5.41) is 1.31. The molecule has 2 aromatic rings. The lowest BCUT2D eigenvalue weighted by Gasteiger charge is -2.10. The number of anilines is 1. The average Bonchev–Trinajstić information content (AvgIpc) is 2.34. The van der Waals surface area contributed by atoms with Gasteiger partial charge in [0.15, 0.2) is 5.75 Å². The van der Waals surface area contributed by atoms with E-state index < -0.39 is 0 Å². The quantitative estimate of drug-likeness (QED) is 0.818. The summed E-state index contributed by atoms with van der Waals surface area (Å²) in [7, 11) is 0. The molecule has 2 nitrogen and oxygen atoms in total. The van der Waals surface area contributed by atoms with Crippen molar-refractivity contribution in [3.63, 3.8) is 0 Å². The van der Waals surface area contributed by atoms with Gasteiger partial charge in [-0.3, -0.25) is 0 Å². The first-order valence-electron chi connectivity index (χ1n) is 5.68. The monoisotopic (exact) mass is 315 g/mol. The summed E-state index contributed by atoms with van der Waals surface area (Å²) < 4.78 is 5.60. The first-order valence-corrected chi connectivity index (χ1v) is 6.81. The van der Waals surface area contributed by atoms with Crippen LogP contribution in [-0.2, 0) is 6.42 Å². The number of hydrogen-bond donors (Lipinski definition) is 1. The van der Waals surface area contributed by atoms with Crippen molar-refractivity contribution < 1.29 is 4.74 Å². The highest BCUT2D eigenvalue weighted by molar-refractivity contribution is 6.40. The maximum atomic E-state index is 6.03. The van der Waals surface area contributed by atoms with Gasteiger partial charge >= 0.3 is 0 Å². The van der Waals surface area contributed by atoms with Crippen LogP contribution in [-0.4, -0.2) is 6.61 Å². The van der Waals surface area contributed by atoms with Gasteiger partial charge in [-0.15, -0.1) is 0 Å². The molecule has 2 aromatic carbocycles. The molecule has 5 heteroatoms. The van der Waals surface area contributed by atoms with Crippen LogP contribution >= 0.6 is 34.8 Å². The van der Waals surface area contributed by atoms with E-state index in [1.165, 1.54) is 0 Å². The van der Waals surface area contributed by atoms with Crippen LogP contribution in [0.4, 0.5) is 5.69 Å². The van der Waals surface area contributed by atoms with Gasteiger partial charge in [-0.1, -0.05) is 46.9 Å². The fourth-order valence-corrected chi connectivity index (χ4v) is 2.55. The van der Waals surface area contributed by atoms with Crippen molar-refractivity contribution in [3.05, 3.63) is 57.0 Å². The third-order valence-electron chi connectivity index (χ3n) is 2.58. The highest BCUT2D eigenvalue weighted by Crippen LogP contribution is 2.35. The molecule has 0 aliphatic heterocycles. The molecule has 0 saturated carbocycles. The minimum Gasteiger partial charge on any atom is -0.490 e. The number of ether oxygens (including phenoxy) is 1. The van der Waals surface area contributed by atoms with E-state index in [1.807, 2.05) is 24.3 Å². The lowest BCUT2D eigenvalue weighted by molar-refractivity contribution is 0.322. The molecular weight excluding hydrogens is 305 g/mol. The zero-order valence-corrected chi connectivity index (χ0v) is 12.3. The second-order valence-electron chi connectivity index (χ2n) is 4.04. The molecule has 0 aliphatic carbocycles. The van der Waals surface area contributed by atoms with Crippen molar-refractivity contribution in [2.24, 2.45) is 0 Å². The van der Waals surface area contributed by atoms with Crippen LogP contribution in [0, 0.1) is 0 Å². The summed E-state index contributed by atoms with van der Waals surface area (Å²) in [5.41, 5.74) is 7.50. The van der Waals surface area contributed by atoms with Gasteiger partial charge in [0.05, 0.1) is 16.7 Å². The van der Waals surface area contributed by atoms with Crippen LogP contribution in [0.15, 0.2) is 36.4 Å². The zero-order chi connectivity index (χ0) is 13.8. The molecule has 0 atom stereocenters. The second-order valence-corrected chi connectivity index (χ2v) is 5.29. The van der Waals surface area contributed by atoms with Crippen LogP contribution in [0.2, 0.25) is 15.1 Å². The van der Waals surface area contributed by atoms with Crippen molar-refractivity contribution in [2.75, 3.05) is 12.3 Å². The number of hydrogen-bond acceptors (Lipinski definition) is 2. The number of benzene rings is 2. The summed E-state index contributed by atoms with van der Waals surface area (Å²) in [6, 6.07) is 10.9. The van der Waals surface area contributed by atoms with E-state index in [0.717, 1.165) is 17.7 Å². The van der Waals surface area contributed by atoms with E-state index in [2.05, 4.69) is 0 Å². The van der Waals surface area contributed by atoms with Gasteiger partial charge in [-0.25, -0.2) is 0 Å². The molecule has 0 aromatic heterocycles. The third-order valence-corrected chi connectivity index (χ3v) is 3.36. The van der Waals surface area contributed by atoms with Crippen molar-refractivity contribution in [3.8, 4) is 5.75 Å². The fraction of sp³-hybridized carbons (Fsp3) is 0.143. The molecule has 0 amide bonds. The van der Waals surface area contributed by atoms with Crippen LogP contribution in [0.3, 0.4) is 0 Å². The van der Waals surface area contributed by atoms with Gasteiger partial charge < -0.3 is 10.5 Å². The maximum absolute atomic E-state index is 6.03. The summed E-state index contributed by atoms with van der Waals surface area (Å²) in [5.74, 6) is 0.461. The zero-order valence-electron chi connectivity index (χ0n) is 10.00. The molecular formula is C14H12Cl3NO. The van der Waals surface area contributed by atoms with E-state index >= 15 is 0 Å². The Labute approximate surface area is 127 Å². The van der Waals surface area contributed by atoms with Gasteiger partial charge in [0.1, 0.15) is 0 Å². The Morgan fingerprint density at radius 3 is 2.11 bits per heavy atom. The Hall–Kier alpha value is -1.09. The second kappa shape index (κ2) is 6.38. The van der Waals surface area contributed by atoms with E-state index in [1.54, 1.807) is 12.1 Å². The summed E-state index contributed by atoms with van der Waals surface area (Å²) in [4.78, 5) is 0. The van der Waals surface area contributed by atoms with Crippen molar-refractivity contribution >= 4 is 40.5 Å². The molecule has 2 N–H and O–H groups in total. The Morgan fingerprint density at radius 1 is 0.947 bits per heavy atom. The normalized spacial score (nSPS) is 10.5. The number of nitrogens with two attached hydrogens (primary N) is 1. The van der Waals surface area contributed by atoms with Crippen molar-refractivity contribution in [2.45, 2.75) is 6.42 Å². The Kier molecular flexibility index (Phi) is 4.81. The average molecular weight is 317 g/mol. The van der Waals surface area contributed by atoms with Crippen LogP contribution < -0.4 is 10.5 Å². The molecule has 0 saturated heterocycles. The van der Waals surface area contributed by atoms with Gasteiger partial charge in [0.2, 0.25) is 0 Å². The third kappa shape index (κ3) is 3.93. The molecule has 0 heterocycles. The minimum absolute atomic E-state index is 0.412. The van der Waals surface area contributed by atoms with Crippen LogP contribution in [0.1, 0.15) is 5.56 Å². The summed E-state index contributed by atoms with van der Waals surface area (Å²) >= 11 is 17.9. The molecule has 0 unspecified atom stereocenters. The smallest absolute Gasteiger partial charge is 0.156 e. The predicted molar refractivity (Wildman–Crippen MR) is 81.5 cm³/mol. The standard InChI is InChI=1S/C14H12Cl3NO/c15-10-7-12(16)14(13(17)8-10)19-6-5-9-1-3-11(18)4-2-9/h1-4,7-8H,5-6,18H2. The predicted octanol–water partition coefficient (Wildman–Crippen LogP) is 4.85. The summed E-state index contributed by atoms with van der Waals surface area (Å²) in [6.07, 6.45) is 0.746. The number of nitrogen functional groups attached to an aromatic ring is 1. The largest absolute Gasteiger partial charge is 0.490 e. The highest BCUT2D eigenvalue weighted by Gasteiger charge is 2.09. The molecule has 0 spiro atoms. The molecule has 0 radical (unpaired) electrons. The first-order chi connectivity index (χ1) is 9.06. The topological polar surface area (TPSA) is 35.2 Å². The minimum atomic E-state index is 0.412. The molecule has 100 valence electrons. The molecule has 19 heavy (non-hydrogen) atoms. The Balaban J connectivity index is 1.98. The van der Waals surface area contributed by atoms with Gasteiger partial charge in [-0.05, 0) is 29.8 Å². The van der Waals surface area contributed by atoms with Gasteiger partial charge in [0.25, 0.3) is 0 Å².